The normalized spacial score (nSPS) is 43.1. The van der Waals surface area contributed by atoms with Gasteiger partial charge in [-0.2, -0.15) is 0 Å². The lowest BCUT2D eigenvalue weighted by atomic mass is 9.78. The Kier molecular flexibility index (Phi) is 2.47. The van der Waals surface area contributed by atoms with Crippen molar-refractivity contribution in [3.05, 3.63) is 23.8 Å². The van der Waals surface area contributed by atoms with E-state index < -0.39 is 0 Å². The van der Waals surface area contributed by atoms with Crippen LogP contribution >= 0.6 is 0 Å². The standard InChI is InChI=1S/C15H18O3/c1-7-4-5-10-8(2)15(17)18-14(10)13-9(3)12(16)6-11(7)13/h4,9-11,13-14H,2,5-6H2,1,3H3/t9-,10+,11+,13+,14+/m1/s1. The Morgan fingerprint density at radius 3 is 2.78 bits per heavy atom. The van der Waals surface area contributed by atoms with Crippen molar-refractivity contribution in [2.24, 2.45) is 23.7 Å². The number of ketones is 1. The summed E-state index contributed by atoms with van der Waals surface area (Å²) in [5.74, 6) is 0.472. The molecule has 3 aliphatic rings. The Morgan fingerprint density at radius 1 is 1.33 bits per heavy atom. The minimum absolute atomic E-state index is 0.0114. The molecule has 0 bridgehead atoms. The molecule has 3 nitrogen and oxygen atoms in total. The summed E-state index contributed by atoms with van der Waals surface area (Å²) in [6.07, 6.45) is 3.43. The van der Waals surface area contributed by atoms with Crippen LogP contribution < -0.4 is 0 Å². The van der Waals surface area contributed by atoms with Gasteiger partial charge in [0.1, 0.15) is 11.9 Å². The number of allylic oxidation sites excluding steroid dienone is 2. The van der Waals surface area contributed by atoms with Gasteiger partial charge in [-0.05, 0) is 19.3 Å². The summed E-state index contributed by atoms with van der Waals surface area (Å²) in [5.41, 5.74) is 1.85. The van der Waals surface area contributed by atoms with E-state index in [4.69, 9.17) is 4.74 Å². The molecule has 1 saturated carbocycles. The van der Waals surface area contributed by atoms with Gasteiger partial charge in [0.15, 0.2) is 0 Å². The molecule has 18 heavy (non-hydrogen) atoms. The van der Waals surface area contributed by atoms with Crippen molar-refractivity contribution < 1.29 is 14.3 Å². The molecule has 3 heteroatoms. The summed E-state index contributed by atoms with van der Waals surface area (Å²) in [6.45, 7) is 7.92. The third-order valence-corrected chi connectivity index (χ3v) is 4.98. The number of ether oxygens (including phenoxy) is 1. The lowest BCUT2D eigenvalue weighted by Gasteiger charge is -2.28. The molecule has 1 aliphatic heterocycles. The molecule has 0 radical (unpaired) electrons. The number of esters is 1. The molecule has 0 aromatic carbocycles. The first-order chi connectivity index (χ1) is 8.50. The number of fused-ring (bicyclic) bond motifs is 3. The van der Waals surface area contributed by atoms with E-state index in [0.29, 0.717) is 17.8 Å². The number of carbonyl (C=O) groups is 2. The Balaban J connectivity index is 2.03. The summed E-state index contributed by atoms with van der Waals surface area (Å²) in [7, 11) is 0. The molecule has 0 N–H and O–H groups in total. The Bertz CT molecular complexity index is 474. The van der Waals surface area contributed by atoms with E-state index >= 15 is 0 Å². The van der Waals surface area contributed by atoms with Gasteiger partial charge in [0.05, 0.1) is 0 Å². The van der Waals surface area contributed by atoms with Crippen LogP contribution in [0.2, 0.25) is 0 Å². The van der Waals surface area contributed by atoms with Crippen molar-refractivity contribution in [2.75, 3.05) is 0 Å². The summed E-state index contributed by atoms with van der Waals surface area (Å²) in [4.78, 5) is 23.6. The van der Waals surface area contributed by atoms with Gasteiger partial charge in [0, 0.05) is 29.7 Å². The molecule has 5 atom stereocenters. The molecule has 2 fully saturated rings. The predicted octanol–water partition coefficient (Wildman–Crippen LogP) is 2.28. The monoisotopic (exact) mass is 246 g/mol. The zero-order valence-electron chi connectivity index (χ0n) is 10.8. The highest BCUT2D eigenvalue weighted by Gasteiger charge is 2.53. The molecular weight excluding hydrogens is 228 g/mol. The predicted molar refractivity (Wildman–Crippen MR) is 66.7 cm³/mol. The first-order valence-corrected chi connectivity index (χ1v) is 6.60. The molecule has 0 aromatic rings. The summed E-state index contributed by atoms with van der Waals surface area (Å²) < 4.78 is 5.51. The summed E-state index contributed by atoms with van der Waals surface area (Å²) in [6, 6.07) is 0. The SMILES string of the molecule is C=C1C(=O)O[C@@H]2[C@H]3[C@H](C)C(=O)C[C@H]3C(C)=CC[C@@H]12. The summed E-state index contributed by atoms with van der Waals surface area (Å²) in [5, 5.41) is 0. The molecule has 1 saturated heterocycles. The molecule has 0 aromatic heterocycles. The lowest BCUT2D eigenvalue weighted by molar-refractivity contribution is -0.143. The fourth-order valence-corrected chi connectivity index (χ4v) is 3.80. The zero-order chi connectivity index (χ0) is 13.0. The molecule has 96 valence electrons. The fraction of sp³-hybridized carbons (Fsp3) is 0.600. The largest absolute Gasteiger partial charge is 0.458 e. The van der Waals surface area contributed by atoms with Crippen molar-refractivity contribution in [1.82, 2.24) is 0 Å². The van der Waals surface area contributed by atoms with Crippen molar-refractivity contribution >= 4 is 11.8 Å². The average molecular weight is 246 g/mol. The van der Waals surface area contributed by atoms with Gasteiger partial charge in [-0.1, -0.05) is 25.2 Å². The number of hydrogen-bond donors (Lipinski definition) is 0. The van der Waals surface area contributed by atoms with Crippen LogP contribution in [0.3, 0.4) is 0 Å². The van der Waals surface area contributed by atoms with Crippen LogP contribution in [0.1, 0.15) is 26.7 Å². The minimum Gasteiger partial charge on any atom is -0.458 e. The van der Waals surface area contributed by atoms with Crippen LogP contribution in [0.15, 0.2) is 23.8 Å². The van der Waals surface area contributed by atoms with Gasteiger partial charge in [-0.3, -0.25) is 4.79 Å². The smallest absolute Gasteiger partial charge is 0.334 e. The summed E-state index contributed by atoms with van der Waals surface area (Å²) >= 11 is 0. The molecule has 0 amide bonds. The van der Waals surface area contributed by atoms with Crippen molar-refractivity contribution in [3.63, 3.8) is 0 Å². The van der Waals surface area contributed by atoms with Crippen LogP contribution in [-0.4, -0.2) is 17.9 Å². The van der Waals surface area contributed by atoms with E-state index in [0.717, 1.165) is 6.42 Å². The maximum Gasteiger partial charge on any atom is 0.334 e. The number of carbonyl (C=O) groups excluding carboxylic acids is 2. The van der Waals surface area contributed by atoms with Crippen LogP contribution in [0, 0.1) is 23.7 Å². The number of Topliss-reactive ketones (excluding diaryl/α,β-unsaturated/α-hetero) is 1. The Labute approximate surface area is 107 Å². The topological polar surface area (TPSA) is 43.4 Å². The van der Waals surface area contributed by atoms with E-state index in [-0.39, 0.29) is 35.7 Å². The fourth-order valence-electron chi connectivity index (χ4n) is 3.80. The molecule has 0 spiro atoms. The minimum atomic E-state index is -0.275. The van der Waals surface area contributed by atoms with E-state index in [1.807, 2.05) is 6.92 Å². The Hall–Kier alpha value is -1.38. The van der Waals surface area contributed by atoms with E-state index in [2.05, 4.69) is 19.6 Å². The molecule has 0 unspecified atom stereocenters. The van der Waals surface area contributed by atoms with E-state index in [1.165, 1.54) is 5.57 Å². The van der Waals surface area contributed by atoms with Gasteiger partial charge in [-0.25, -0.2) is 4.79 Å². The number of hydrogen-bond acceptors (Lipinski definition) is 3. The second-order valence-corrected chi connectivity index (χ2v) is 5.83. The maximum absolute atomic E-state index is 12.0. The van der Waals surface area contributed by atoms with Crippen molar-refractivity contribution in [2.45, 2.75) is 32.8 Å². The second kappa shape index (κ2) is 3.81. The quantitative estimate of drug-likeness (QED) is 0.374. The molecule has 2 aliphatic carbocycles. The molecule has 3 rings (SSSR count). The van der Waals surface area contributed by atoms with Gasteiger partial charge >= 0.3 is 5.97 Å². The number of rotatable bonds is 0. The van der Waals surface area contributed by atoms with Gasteiger partial charge in [0.2, 0.25) is 0 Å². The lowest BCUT2D eigenvalue weighted by Crippen LogP contribution is -2.32. The van der Waals surface area contributed by atoms with Crippen LogP contribution in [0.25, 0.3) is 0 Å². The van der Waals surface area contributed by atoms with Gasteiger partial charge < -0.3 is 4.74 Å². The van der Waals surface area contributed by atoms with Crippen LogP contribution in [-0.2, 0) is 14.3 Å². The van der Waals surface area contributed by atoms with Gasteiger partial charge in [0.25, 0.3) is 0 Å². The third-order valence-electron chi connectivity index (χ3n) is 4.98. The van der Waals surface area contributed by atoms with Crippen molar-refractivity contribution in [1.29, 1.82) is 0 Å². The first kappa shape index (κ1) is 11.7. The molecular formula is C15H18O3. The second-order valence-electron chi connectivity index (χ2n) is 5.83. The van der Waals surface area contributed by atoms with Gasteiger partial charge in [-0.15, -0.1) is 0 Å². The highest BCUT2D eigenvalue weighted by Crippen LogP contribution is 2.49. The van der Waals surface area contributed by atoms with E-state index in [9.17, 15) is 9.59 Å². The highest BCUT2D eigenvalue weighted by molar-refractivity contribution is 5.91. The first-order valence-electron chi connectivity index (χ1n) is 6.60. The highest BCUT2D eigenvalue weighted by atomic mass is 16.6. The van der Waals surface area contributed by atoms with Crippen LogP contribution in [0.4, 0.5) is 0 Å². The van der Waals surface area contributed by atoms with Crippen LogP contribution in [0.5, 0.6) is 0 Å². The average Bonchev–Trinajstić information content (AvgIpc) is 2.72. The maximum atomic E-state index is 12.0. The van der Waals surface area contributed by atoms with E-state index in [1.54, 1.807) is 0 Å². The van der Waals surface area contributed by atoms with Crippen molar-refractivity contribution in [3.8, 4) is 0 Å². The Morgan fingerprint density at radius 2 is 2.06 bits per heavy atom. The molecule has 1 heterocycles. The zero-order valence-corrected chi connectivity index (χ0v) is 10.8. The third kappa shape index (κ3) is 1.43.